The highest BCUT2D eigenvalue weighted by molar-refractivity contribution is 7.99. The average Bonchev–Trinajstić information content (AvgIpc) is 2.80. The van der Waals surface area contributed by atoms with Gasteiger partial charge in [0.05, 0.1) is 0 Å². The smallest absolute Gasteiger partial charge is 0.343 e. The Morgan fingerprint density at radius 2 is 2.45 bits per heavy atom. The summed E-state index contributed by atoms with van der Waals surface area (Å²) in [5.41, 5.74) is 5.82. The topological polar surface area (TPSA) is 122 Å². The largest absolute Gasteiger partial charge is 0.409 e. The Kier molecular flexibility index (Phi) is 4.41. The van der Waals surface area contributed by atoms with Crippen molar-refractivity contribution in [2.75, 3.05) is 0 Å². The zero-order valence-corrected chi connectivity index (χ0v) is 11.6. The zero-order chi connectivity index (χ0) is 14.5. The van der Waals surface area contributed by atoms with Gasteiger partial charge < -0.3 is 10.9 Å². The molecule has 0 aliphatic heterocycles. The Labute approximate surface area is 118 Å². The molecular weight excluding hydrogens is 280 g/mol. The van der Waals surface area contributed by atoms with Gasteiger partial charge in [0.15, 0.2) is 11.0 Å². The number of H-pyrrole nitrogens is 1. The second-order valence-electron chi connectivity index (χ2n) is 3.93. The molecule has 20 heavy (non-hydrogen) atoms. The van der Waals surface area contributed by atoms with E-state index in [4.69, 9.17) is 10.9 Å². The number of nitrogens with two attached hydrogens (primary N) is 1. The SMILES string of the molecule is CCCn1c(Sc2cc(C(N)=NO)ccn2)n[nH]c1=O. The van der Waals surface area contributed by atoms with Crippen molar-refractivity contribution in [3.8, 4) is 0 Å². The molecule has 2 rings (SSSR count). The van der Waals surface area contributed by atoms with Crippen LogP contribution in [0.1, 0.15) is 18.9 Å². The van der Waals surface area contributed by atoms with Gasteiger partial charge in [0.25, 0.3) is 0 Å². The third-order valence-corrected chi connectivity index (χ3v) is 3.43. The molecule has 0 unspecified atom stereocenters. The van der Waals surface area contributed by atoms with Gasteiger partial charge in [0.1, 0.15) is 5.03 Å². The molecule has 8 nitrogen and oxygen atoms in total. The monoisotopic (exact) mass is 294 g/mol. The maximum absolute atomic E-state index is 11.6. The van der Waals surface area contributed by atoms with Gasteiger partial charge in [-0.15, -0.1) is 5.10 Å². The molecule has 2 heterocycles. The lowest BCUT2D eigenvalue weighted by atomic mass is 10.2. The molecule has 0 saturated carbocycles. The Morgan fingerprint density at radius 1 is 1.65 bits per heavy atom. The molecule has 0 atom stereocenters. The highest BCUT2D eigenvalue weighted by Crippen LogP contribution is 2.23. The highest BCUT2D eigenvalue weighted by atomic mass is 32.2. The fraction of sp³-hybridized carbons (Fsp3) is 0.273. The van der Waals surface area contributed by atoms with Crippen LogP contribution in [0.2, 0.25) is 0 Å². The summed E-state index contributed by atoms with van der Waals surface area (Å²) in [5, 5.41) is 19.1. The lowest BCUT2D eigenvalue weighted by Gasteiger charge is -2.04. The highest BCUT2D eigenvalue weighted by Gasteiger charge is 2.11. The number of pyridine rings is 1. The minimum absolute atomic E-state index is 0.00206. The van der Waals surface area contributed by atoms with Crippen molar-refractivity contribution in [3.63, 3.8) is 0 Å². The molecule has 0 saturated heterocycles. The first-order chi connectivity index (χ1) is 9.65. The van der Waals surface area contributed by atoms with Crippen molar-refractivity contribution >= 4 is 17.6 Å². The summed E-state index contributed by atoms with van der Waals surface area (Å²) >= 11 is 1.23. The normalized spacial score (nSPS) is 11.8. The first kappa shape index (κ1) is 14.1. The molecule has 0 radical (unpaired) electrons. The zero-order valence-electron chi connectivity index (χ0n) is 10.8. The quantitative estimate of drug-likeness (QED) is 0.321. The van der Waals surface area contributed by atoms with Crippen LogP contribution in [-0.4, -0.2) is 30.8 Å². The summed E-state index contributed by atoms with van der Waals surface area (Å²) in [6.45, 7) is 2.56. The first-order valence-corrected chi connectivity index (χ1v) is 6.74. The van der Waals surface area contributed by atoms with Crippen LogP contribution in [0, 0.1) is 0 Å². The predicted molar refractivity (Wildman–Crippen MR) is 74.0 cm³/mol. The summed E-state index contributed by atoms with van der Waals surface area (Å²) in [7, 11) is 0. The molecule has 0 spiro atoms. The molecule has 0 aromatic carbocycles. The van der Waals surface area contributed by atoms with Crippen molar-refractivity contribution in [2.24, 2.45) is 10.9 Å². The van der Waals surface area contributed by atoms with Crippen LogP contribution in [-0.2, 0) is 6.54 Å². The number of hydrogen-bond acceptors (Lipinski definition) is 6. The molecule has 0 fully saturated rings. The second kappa shape index (κ2) is 6.24. The molecule has 0 amide bonds. The van der Waals surface area contributed by atoms with Gasteiger partial charge in [-0.25, -0.2) is 14.9 Å². The molecule has 4 N–H and O–H groups in total. The summed E-state index contributed by atoms with van der Waals surface area (Å²) in [4.78, 5) is 15.7. The van der Waals surface area contributed by atoms with Gasteiger partial charge in [-0.1, -0.05) is 12.1 Å². The van der Waals surface area contributed by atoms with E-state index < -0.39 is 0 Å². The van der Waals surface area contributed by atoms with Gasteiger partial charge in [-0.3, -0.25) is 4.57 Å². The Bertz CT molecular complexity index is 678. The fourth-order valence-corrected chi connectivity index (χ4v) is 2.44. The predicted octanol–water partition coefficient (Wildman–Crippen LogP) is 0.622. The van der Waals surface area contributed by atoms with Crippen LogP contribution in [0.25, 0.3) is 0 Å². The molecule has 2 aromatic heterocycles. The van der Waals surface area contributed by atoms with Gasteiger partial charge in [0, 0.05) is 18.3 Å². The number of nitrogens with zero attached hydrogens (tertiary/aromatic N) is 4. The number of hydrogen-bond donors (Lipinski definition) is 3. The van der Waals surface area contributed by atoms with Crippen molar-refractivity contribution in [1.29, 1.82) is 0 Å². The van der Waals surface area contributed by atoms with E-state index in [-0.39, 0.29) is 11.5 Å². The van der Waals surface area contributed by atoms with Crippen molar-refractivity contribution in [1.82, 2.24) is 19.7 Å². The van der Waals surface area contributed by atoms with E-state index in [0.29, 0.717) is 22.3 Å². The molecule has 106 valence electrons. The van der Waals surface area contributed by atoms with E-state index in [0.717, 1.165) is 6.42 Å². The van der Waals surface area contributed by atoms with E-state index in [9.17, 15) is 4.79 Å². The van der Waals surface area contributed by atoms with Crippen LogP contribution < -0.4 is 11.4 Å². The van der Waals surface area contributed by atoms with E-state index in [1.165, 1.54) is 11.8 Å². The number of aromatic nitrogens is 4. The summed E-state index contributed by atoms with van der Waals surface area (Å²) < 4.78 is 1.54. The van der Waals surface area contributed by atoms with E-state index in [1.54, 1.807) is 22.9 Å². The number of aromatic amines is 1. The first-order valence-electron chi connectivity index (χ1n) is 5.92. The van der Waals surface area contributed by atoms with E-state index in [1.807, 2.05) is 6.92 Å². The van der Waals surface area contributed by atoms with E-state index >= 15 is 0 Å². The van der Waals surface area contributed by atoms with E-state index in [2.05, 4.69) is 20.3 Å². The molecule has 2 aromatic rings. The van der Waals surface area contributed by atoms with Crippen LogP contribution >= 0.6 is 11.8 Å². The third kappa shape index (κ3) is 2.99. The molecule has 9 heteroatoms. The Balaban J connectivity index is 2.29. The van der Waals surface area contributed by atoms with Crippen LogP contribution in [0.5, 0.6) is 0 Å². The molecule has 0 aliphatic rings. The molecule has 0 bridgehead atoms. The lowest BCUT2D eigenvalue weighted by Crippen LogP contribution is -2.17. The second-order valence-corrected chi connectivity index (χ2v) is 4.92. The van der Waals surface area contributed by atoms with Crippen molar-refractivity contribution in [2.45, 2.75) is 30.1 Å². The van der Waals surface area contributed by atoms with Gasteiger partial charge in [0.2, 0.25) is 0 Å². The Morgan fingerprint density at radius 3 is 3.15 bits per heavy atom. The molecule has 0 aliphatic carbocycles. The maximum atomic E-state index is 11.6. The van der Waals surface area contributed by atoms with Gasteiger partial charge in [-0.05, 0) is 30.3 Å². The van der Waals surface area contributed by atoms with Crippen molar-refractivity contribution in [3.05, 3.63) is 34.4 Å². The third-order valence-electron chi connectivity index (χ3n) is 2.50. The summed E-state index contributed by atoms with van der Waals surface area (Å²) in [6.07, 6.45) is 2.37. The van der Waals surface area contributed by atoms with Crippen LogP contribution in [0.15, 0.2) is 38.5 Å². The number of oxime groups is 1. The van der Waals surface area contributed by atoms with Crippen LogP contribution in [0.3, 0.4) is 0 Å². The Hall–Kier alpha value is -2.29. The minimum atomic E-state index is -0.248. The standard InChI is InChI=1S/C11H14N6O2S/c1-2-5-17-10(18)14-15-11(17)20-8-6-7(3-4-13-8)9(12)16-19/h3-4,6,19H,2,5H2,1H3,(H2,12,16)(H,14,18). The van der Waals surface area contributed by atoms with Crippen molar-refractivity contribution < 1.29 is 5.21 Å². The van der Waals surface area contributed by atoms with Gasteiger partial charge >= 0.3 is 5.69 Å². The number of rotatable bonds is 5. The van der Waals surface area contributed by atoms with Gasteiger partial charge in [-0.2, -0.15) is 0 Å². The number of nitrogens with one attached hydrogen (secondary N) is 1. The average molecular weight is 294 g/mol. The summed E-state index contributed by atoms with van der Waals surface area (Å²) in [6, 6.07) is 3.29. The number of amidine groups is 1. The lowest BCUT2D eigenvalue weighted by molar-refractivity contribution is 0.318. The minimum Gasteiger partial charge on any atom is -0.409 e. The van der Waals surface area contributed by atoms with Crippen LogP contribution in [0.4, 0.5) is 0 Å². The molecular formula is C11H14N6O2S. The summed E-state index contributed by atoms with van der Waals surface area (Å²) in [5.74, 6) is 0.00206. The fourth-order valence-electron chi connectivity index (χ4n) is 1.58. The maximum Gasteiger partial charge on any atom is 0.343 e.